The summed E-state index contributed by atoms with van der Waals surface area (Å²) in [5, 5.41) is 3.11. The third-order valence-corrected chi connectivity index (χ3v) is 8.32. The third-order valence-electron chi connectivity index (χ3n) is 7.14. The van der Waals surface area contributed by atoms with Crippen LogP contribution in [0.15, 0.2) is 42.5 Å². The van der Waals surface area contributed by atoms with Crippen molar-refractivity contribution in [2.45, 2.75) is 84.3 Å². The zero-order valence-corrected chi connectivity index (χ0v) is 23.7. The van der Waals surface area contributed by atoms with Crippen LogP contribution in [0.3, 0.4) is 0 Å². The van der Waals surface area contributed by atoms with Gasteiger partial charge < -0.3 is 10.2 Å². The molecule has 208 valence electrons. The van der Waals surface area contributed by atoms with E-state index in [-0.39, 0.29) is 43.2 Å². The summed E-state index contributed by atoms with van der Waals surface area (Å²) in [7, 11) is -3.57. The van der Waals surface area contributed by atoms with Gasteiger partial charge in [0.2, 0.25) is 21.8 Å². The quantitative estimate of drug-likeness (QED) is 0.413. The molecule has 1 saturated carbocycles. The molecule has 0 bridgehead atoms. The molecule has 1 atom stereocenters. The number of nitrogens with one attached hydrogen (secondary N) is 1. The van der Waals surface area contributed by atoms with E-state index < -0.39 is 16.1 Å². The molecule has 9 heteroatoms. The van der Waals surface area contributed by atoms with Crippen LogP contribution in [0.5, 0.6) is 0 Å². The SMILES string of the molecule is CCC(C(=O)NC1CCCC1)N(Cc1ccc(F)cc1)C(=O)CCCN(c1cc(C)ccc1C)S(C)(=O)=O. The van der Waals surface area contributed by atoms with Gasteiger partial charge in [-0.15, -0.1) is 0 Å². The lowest BCUT2D eigenvalue weighted by Crippen LogP contribution is -2.51. The van der Waals surface area contributed by atoms with E-state index in [2.05, 4.69) is 5.32 Å². The molecule has 0 heterocycles. The smallest absolute Gasteiger partial charge is 0.243 e. The summed E-state index contributed by atoms with van der Waals surface area (Å²) < 4.78 is 40.1. The number of hydrogen-bond donors (Lipinski definition) is 1. The predicted octanol–water partition coefficient (Wildman–Crippen LogP) is 4.85. The van der Waals surface area contributed by atoms with E-state index >= 15 is 0 Å². The fourth-order valence-corrected chi connectivity index (χ4v) is 6.06. The number of sulfonamides is 1. The summed E-state index contributed by atoms with van der Waals surface area (Å²) in [6, 6.07) is 11.0. The number of aryl methyl sites for hydroxylation is 2. The van der Waals surface area contributed by atoms with Crippen molar-refractivity contribution >= 4 is 27.5 Å². The lowest BCUT2D eigenvalue weighted by atomic mass is 10.1. The number of carbonyl (C=O) groups is 2. The van der Waals surface area contributed by atoms with Gasteiger partial charge in [-0.2, -0.15) is 0 Å². The predicted molar refractivity (Wildman–Crippen MR) is 149 cm³/mol. The van der Waals surface area contributed by atoms with Crippen LogP contribution in [-0.4, -0.2) is 50.0 Å². The second-order valence-electron chi connectivity index (χ2n) is 10.3. The average molecular weight is 546 g/mol. The van der Waals surface area contributed by atoms with Crippen LogP contribution in [0.25, 0.3) is 0 Å². The van der Waals surface area contributed by atoms with Crippen LogP contribution < -0.4 is 9.62 Å². The minimum Gasteiger partial charge on any atom is -0.352 e. The zero-order valence-electron chi connectivity index (χ0n) is 22.9. The lowest BCUT2D eigenvalue weighted by molar-refractivity contribution is -0.141. The van der Waals surface area contributed by atoms with Crippen LogP contribution in [0.4, 0.5) is 10.1 Å². The molecule has 0 aromatic heterocycles. The maximum Gasteiger partial charge on any atom is 0.243 e. The first-order valence-electron chi connectivity index (χ1n) is 13.4. The molecule has 38 heavy (non-hydrogen) atoms. The molecule has 2 amide bonds. The minimum atomic E-state index is -3.57. The van der Waals surface area contributed by atoms with Gasteiger partial charge in [-0.25, -0.2) is 12.8 Å². The third kappa shape index (κ3) is 8.03. The molecule has 2 aromatic rings. The first-order chi connectivity index (χ1) is 18.0. The number of rotatable bonds is 12. The van der Waals surface area contributed by atoms with Crippen molar-refractivity contribution in [1.29, 1.82) is 0 Å². The number of hydrogen-bond acceptors (Lipinski definition) is 4. The van der Waals surface area contributed by atoms with E-state index in [1.54, 1.807) is 17.0 Å². The van der Waals surface area contributed by atoms with Crippen LogP contribution in [0.1, 0.15) is 68.6 Å². The standard InChI is InChI=1S/C29H40FN3O4S/c1-5-26(29(35)31-25-9-6-7-10-25)32(20-23-14-16-24(30)17-15-23)28(34)11-8-18-33(38(4,36)37)27-19-21(2)12-13-22(27)3/h12-17,19,25-26H,5-11,18,20H2,1-4H3,(H,31,35). The topological polar surface area (TPSA) is 86.8 Å². The van der Waals surface area contributed by atoms with Gasteiger partial charge in [-0.05, 0) is 74.4 Å². The summed E-state index contributed by atoms with van der Waals surface area (Å²) in [4.78, 5) is 28.3. The molecule has 0 radical (unpaired) electrons. The lowest BCUT2D eigenvalue weighted by Gasteiger charge is -2.32. The number of benzene rings is 2. The van der Waals surface area contributed by atoms with E-state index in [9.17, 15) is 22.4 Å². The summed E-state index contributed by atoms with van der Waals surface area (Å²) in [5.41, 5.74) is 3.10. The Labute approximate surface area is 226 Å². The van der Waals surface area contributed by atoms with Crippen molar-refractivity contribution in [1.82, 2.24) is 10.2 Å². The first kappa shape index (κ1) is 29.6. The minimum absolute atomic E-state index is 0.0747. The fourth-order valence-electron chi connectivity index (χ4n) is 5.04. The Hall–Kier alpha value is -2.94. The van der Waals surface area contributed by atoms with Gasteiger partial charge in [-0.1, -0.05) is 44.0 Å². The van der Waals surface area contributed by atoms with Crippen molar-refractivity contribution < 1.29 is 22.4 Å². The summed E-state index contributed by atoms with van der Waals surface area (Å²) in [6.45, 7) is 5.95. The van der Waals surface area contributed by atoms with Gasteiger partial charge in [0.15, 0.2) is 0 Å². The molecule has 1 N–H and O–H groups in total. The van der Waals surface area contributed by atoms with E-state index in [1.165, 1.54) is 16.4 Å². The number of halogens is 1. The molecule has 3 rings (SSSR count). The second-order valence-corrected chi connectivity index (χ2v) is 12.2. The Balaban J connectivity index is 1.77. The van der Waals surface area contributed by atoms with Crippen LogP contribution in [0.2, 0.25) is 0 Å². The number of carbonyl (C=O) groups excluding carboxylic acids is 2. The molecule has 0 spiro atoms. The van der Waals surface area contributed by atoms with E-state index in [1.807, 2.05) is 39.0 Å². The molecule has 2 aromatic carbocycles. The summed E-state index contributed by atoms with van der Waals surface area (Å²) in [5.74, 6) is -0.787. The Kier molecular flexibility index (Phi) is 10.3. The maximum atomic E-state index is 13.5. The van der Waals surface area contributed by atoms with Gasteiger partial charge in [-0.3, -0.25) is 13.9 Å². The molecule has 7 nitrogen and oxygen atoms in total. The highest BCUT2D eigenvalue weighted by atomic mass is 32.2. The van der Waals surface area contributed by atoms with Crippen molar-refractivity contribution in [2.24, 2.45) is 0 Å². The highest BCUT2D eigenvalue weighted by Gasteiger charge is 2.31. The van der Waals surface area contributed by atoms with Crippen molar-refractivity contribution in [3.8, 4) is 0 Å². The van der Waals surface area contributed by atoms with Crippen molar-refractivity contribution in [3.63, 3.8) is 0 Å². The molecule has 1 aliphatic carbocycles. The number of amides is 2. The van der Waals surface area contributed by atoms with Gasteiger partial charge >= 0.3 is 0 Å². The van der Waals surface area contributed by atoms with Gasteiger partial charge in [0.1, 0.15) is 11.9 Å². The van der Waals surface area contributed by atoms with Crippen LogP contribution in [-0.2, 0) is 26.2 Å². The van der Waals surface area contributed by atoms with E-state index in [4.69, 9.17) is 0 Å². The van der Waals surface area contributed by atoms with Gasteiger partial charge in [0, 0.05) is 25.6 Å². The highest BCUT2D eigenvalue weighted by molar-refractivity contribution is 7.92. The fraction of sp³-hybridized carbons (Fsp3) is 0.517. The zero-order chi connectivity index (χ0) is 27.9. The Morgan fingerprint density at radius 2 is 1.74 bits per heavy atom. The molecule has 0 saturated heterocycles. The second kappa shape index (κ2) is 13.2. The maximum absolute atomic E-state index is 13.5. The molecular weight excluding hydrogens is 505 g/mol. The van der Waals surface area contributed by atoms with Crippen LogP contribution >= 0.6 is 0 Å². The Bertz CT molecular complexity index is 1210. The van der Waals surface area contributed by atoms with Crippen LogP contribution in [0, 0.1) is 19.7 Å². The molecule has 0 aliphatic heterocycles. The van der Waals surface area contributed by atoms with Crippen molar-refractivity contribution in [3.05, 3.63) is 65.0 Å². The van der Waals surface area contributed by atoms with Crippen molar-refractivity contribution in [2.75, 3.05) is 17.1 Å². The summed E-state index contributed by atoms with van der Waals surface area (Å²) in [6.07, 6.45) is 6.00. The average Bonchev–Trinajstić information content (AvgIpc) is 3.36. The van der Waals surface area contributed by atoms with E-state index in [0.717, 1.165) is 48.6 Å². The molecular formula is C29H40FN3O4S. The molecule has 1 unspecified atom stereocenters. The Morgan fingerprint density at radius 3 is 2.34 bits per heavy atom. The summed E-state index contributed by atoms with van der Waals surface area (Å²) >= 11 is 0. The van der Waals surface area contributed by atoms with E-state index in [0.29, 0.717) is 18.5 Å². The highest BCUT2D eigenvalue weighted by Crippen LogP contribution is 2.25. The molecule has 1 fully saturated rings. The Morgan fingerprint density at radius 1 is 1.08 bits per heavy atom. The number of anilines is 1. The molecule has 1 aliphatic rings. The number of nitrogens with zero attached hydrogens (tertiary/aromatic N) is 2. The van der Waals surface area contributed by atoms with Gasteiger partial charge in [0.25, 0.3) is 0 Å². The monoisotopic (exact) mass is 545 g/mol. The normalized spacial score (nSPS) is 14.8. The largest absolute Gasteiger partial charge is 0.352 e. The van der Waals surface area contributed by atoms with Gasteiger partial charge in [0.05, 0.1) is 11.9 Å². The first-order valence-corrected chi connectivity index (χ1v) is 15.2.